The second-order valence-corrected chi connectivity index (χ2v) is 4.43. The molecule has 4 heteroatoms. The highest BCUT2D eigenvalue weighted by atomic mass is 79.9. The Morgan fingerprint density at radius 1 is 1.50 bits per heavy atom. The summed E-state index contributed by atoms with van der Waals surface area (Å²) in [7, 11) is 0. The molecule has 0 aliphatic rings. The first-order valence-corrected chi connectivity index (χ1v) is 6.12. The number of alkyl halides is 1. The van der Waals surface area contributed by atoms with Crippen molar-refractivity contribution in [3.63, 3.8) is 0 Å². The zero-order valence-corrected chi connectivity index (χ0v) is 9.66. The molecule has 0 radical (unpaired) electrons. The number of halogens is 2. The molecule has 2 rings (SSSR count). The van der Waals surface area contributed by atoms with Crippen LogP contribution in [0.15, 0.2) is 17.5 Å². The average Bonchev–Trinajstić information content (AvgIpc) is 2.65. The van der Waals surface area contributed by atoms with E-state index in [-0.39, 0.29) is 12.4 Å². The number of hydrogen-bond donors (Lipinski definition) is 1. The molecule has 0 fully saturated rings. The van der Waals surface area contributed by atoms with Crippen LogP contribution in [0.4, 0.5) is 4.39 Å². The predicted molar refractivity (Wildman–Crippen MR) is 60.3 cm³/mol. The second-order valence-electron chi connectivity index (χ2n) is 2.95. The third-order valence-corrected chi connectivity index (χ3v) is 3.73. The maximum atomic E-state index is 13.5. The van der Waals surface area contributed by atoms with Crippen LogP contribution in [0.1, 0.15) is 11.1 Å². The van der Waals surface area contributed by atoms with Gasteiger partial charge in [0.2, 0.25) is 0 Å². The Balaban J connectivity index is 2.81. The molecule has 74 valence electrons. The minimum Gasteiger partial charge on any atom is -0.392 e. The van der Waals surface area contributed by atoms with E-state index in [1.807, 2.05) is 11.4 Å². The van der Waals surface area contributed by atoms with Gasteiger partial charge < -0.3 is 5.11 Å². The van der Waals surface area contributed by atoms with Crippen molar-refractivity contribution in [2.24, 2.45) is 0 Å². The highest BCUT2D eigenvalue weighted by Crippen LogP contribution is 2.31. The van der Waals surface area contributed by atoms with E-state index in [0.717, 1.165) is 10.1 Å². The average molecular weight is 275 g/mol. The topological polar surface area (TPSA) is 20.2 Å². The molecule has 0 aliphatic heterocycles. The zero-order valence-electron chi connectivity index (χ0n) is 7.26. The van der Waals surface area contributed by atoms with E-state index in [0.29, 0.717) is 16.5 Å². The van der Waals surface area contributed by atoms with E-state index in [2.05, 4.69) is 15.9 Å². The lowest BCUT2D eigenvalue weighted by atomic mass is 10.1. The number of fused-ring (bicyclic) bond motifs is 1. The number of thiophene rings is 1. The first-order valence-electron chi connectivity index (χ1n) is 4.12. The van der Waals surface area contributed by atoms with Crippen LogP contribution in [0.5, 0.6) is 0 Å². The molecule has 0 atom stereocenters. The van der Waals surface area contributed by atoms with Gasteiger partial charge >= 0.3 is 0 Å². The zero-order chi connectivity index (χ0) is 10.1. The van der Waals surface area contributed by atoms with Crippen molar-refractivity contribution in [1.82, 2.24) is 0 Å². The number of aliphatic hydroxyl groups is 1. The molecule has 1 aromatic carbocycles. The van der Waals surface area contributed by atoms with Crippen molar-refractivity contribution in [2.45, 2.75) is 11.9 Å². The van der Waals surface area contributed by atoms with Crippen LogP contribution < -0.4 is 0 Å². The van der Waals surface area contributed by atoms with E-state index in [1.54, 1.807) is 0 Å². The van der Waals surface area contributed by atoms with E-state index in [1.165, 1.54) is 17.4 Å². The molecular weight excluding hydrogens is 267 g/mol. The Morgan fingerprint density at radius 3 is 2.93 bits per heavy atom. The van der Waals surface area contributed by atoms with Crippen LogP contribution in [0.2, 0.25) is 0 Å². The van der Waals surface area contributed by atoms with Crippen molar-refractivity contribution >= 4 is 37.4 Å². The molecule has 0 aliphatic carbocycles. The lowest BCUT2D eigenvalue weighted by molar-refractivity contribution is 0.283. The normalized spacial score (nSPS) is 11.1. The Kier molecular flexibility index (Phi) is 2.85. The molecule has 0 bridgehead atoms. The van der Waals surface area contributed by atoms with Crippen molar-refractivity contribution < 1.29 is 9.50 Å². The molecule has 0 spiro atoms. The summed E-state index contributed by atoms with van der Waals surface area (Å²) in [5, 5.41) is 12.4. The van der Waals surface area contributed by atoms with Gasteiger partial charge in [-0.1, -0.05) is 15.9 Å². The van der Waals surface area contributed by atoms with Gasteiger partial charge in [0.05, 0.1) is 6.61 Å². The number of rotatable bonds is 2. The first-order chi connectivity index (χ1) is 6.77. The van der Waals surface area contributed by atoms with Crippen LogP contribution in [0.25, 0.3) is 10.1 Å². The fourth-order valence-corrected chi connectivity index (χ4v) is 2.99. The van der Waals surface area contributed by atoms with E-state index in [9.17, 15) is 4.39 Å². The fourth-order valence-electron chi connectivity index (χ4n) is 1.48. The molecule has 2 aromatic rings. The quantitative estimate of drug-likeness (QED) is 0.832. The molecule has 0 unspecified atom stereocenters. The lowest BCUT2D eigenvalue weighted by Crippen LogP contribution is -1.92. The summed E-state index contributed by atoms with van der Waals surface area (Å²) in [6, 6.07) is 3.30. The molecule has 1 N–H and O–H groups in total. The molecule has 14 heavy (non-hydrogen) atoms. The summed E-state index contributed by atoms with van der Waals surface area (Å²) in [5.41, 5.74) is 1.33. The molecule has 1 nitrogen and oxygen atoms in total. The van der Waals surface area contributed by atoms with Gasteiger partial charge in [0.1, 0.15) is 5.82 Å². The van der Waals surface area contributed by atoms with Gasteiger partial charge in [-0.05, 0) is 28.5 Å². The molecule has 0 saturated heterocycles. The van der Waals surface area contributed by atoms with Gasteiger partial charge in [-0.15, -0.1) is 11.3 Å². The summed E-state index contributed by atoms with van der Waals surface area (Å²) >= 11 is 4.79. The van der Waals surface area contributed by atoms with Crippen LogP contribution in [0.3, 0.4) is 0 Å². The van der Waals surface area contributed by atoms with E-state index < -0.39 is 0 Å². The number of hydrogen-bond acceptors (Lipinski definition) is 2. The third kappa shape index (κ3) is 1.47. The van der Waals surface area contributed by atoms with Crippen LogP contribution in [-0.4, -0.2) is 5.11 Å². The molecule has 0 saturated carbocycles. The Morgan fingerprint density at radius 2 is 2.29 bits per heavy atom. The summed E-state index contributed by atoms with van der Waals surface area (Å²) in [6.45, 7) is -0.115. The Bertz CT molecular complexity index is 466. The molecule has 1 heterocycles. The lowest BCUT2D eigenvalue weighted by Gasteiger charge is -2.05. The largest absolute Gasteiger partial charge is 0.392 e. The van der Waals surface area contributed by atoms with Crippen molar-refractivity contribution in [3.05, 3.63) is 34.5 Å². The summed E-state index contributed by atoms with van der Waals surface area (Å²) in [6.07, 6.45) is 0. The minimum atomic E-state index is -0.253. The number of benzene rings is 1. The van der Waals surface area contributed by atoms with Gasteiger partial charge in [-0.3, -0.25) is 0 Å². The smallest absolute Gasteiger partial charge is 0.128 e. The molecule has 1 aromatic heterocycles. The van der Waals surface area contributed by atoms with E-state index >= 15 is 0 Å². The van der Waals surface area contributed by atoms with Gasteiger partial charge in [-0.2, -0.15) is 0 Å². The Hall–Kier alpha value is -0.450. The summed E-state index contributed by atoms with van der Waals surface area (Å²) in [5.74, 6) is -0.253. The SMILES string of the molecule is OCc1cc(F)c(CBr)c2ccsc12. The highest BCUT2D eigenvalue weighted by molar-refractivity contribution is 9.08. The van der Waals surface area contributed by atoms with Crippen molar-refractivity contribution in [2.75, 3.05) is 0 Å². The third-order valence-electron chi connectivity index (χ3n) is 2.18. The van der Waals surface area contributed by atoms with Gasteiger partial charge in [-0.25, -0.2) is 4.39 Å². The predicted octanol–water partition coefficient (Wildman–Crippen LogP) is 3.43. The van der Waals surface area contributed by atoms with Gasteiger partial charge in [0, 0.05) is 15.6 Å². The monoisotopic (exact) mass is 274 g/mol. The van der Waals surface area contributed by atoms with Gasteiger partial charge in [0.25, 0.3) is 0 Å². The van der Waals surface area contributed by atoms with E-state index in [4.69, 9.17) is 5.11 Å². The highest BCUT2D eigenvalue weighted by Gasteiger charge is 2.11. The van der Waals surface area contributed by atoms with Crippen molar-refractivity contribution in [1.29, 1.82) is 0 Å². The standard InChI is InChI=1S/C10H8BrFOS/c11-4-8-7-1-2-14-10(7)6(5-13)3-9(8)12/h1-3,13H,4-5H2. The first kappa shape index (κ1) is 10.1. The molecular formula is C10H8BrFOS. The van der Waals surface area contributed by atoms with Gasteiger partial charge in [0.15, 0.2) is 0 Å². The van der Waals surface area contributed by atoms with Crippen molar-refractivity contribution in [3.8, 4) is 0 Å². The maximum Gasteiger partial charge on any atom is 0.128 e. The second kappa shape index (κ2) is 3.96. The van der Waals surface area contributed by atoms with Crippen LogP contribution in [-0.2, 0) is 11.9 Å². The number of aliphatic hydroxyl groups excluding tert-OH is 1. The Labute approximate surface area is 93.3 Å². The van der Waals surface area contributed by atoms with Crippen LogP contribution in [0, 0.1) is 5.82 Å². The summed E-state index contributed by atoms with van der Waals surface area (Å²) in [4.78, 5) is 0. The minimum absolute atomic E-state index is 0.115. The maximum absolute atomic E-state index is 13.5. The fraction of sp³-hybridized carbons (Fsp3) is 0.200. The van der Waals surface area contributed by atoms with Crippen LogP contribution >= 0.6 is 27.3 Å². The summed E-state index contributed by atoms with van der Waals surface area (Å²) < 4.78 is 14.5. The molecule has 0 amide bonds.